The number of esters is 1. The molecule has 0 aliphatic carbocycles. The van der Waals surface area contributed by atoms with Crippen LogP contribution in [-0.4, -0.2) is 44.8 Å². The van der Waals surface area contributed by atoms with E-state index in [1.54, 1.807) is 27.7 Å². The van der Waals surface area contributed by atoms with Gasteiger partial charge in [0.05, 0.1) is 49.7 Å². The van der Waals surface area contributed by atoms with Crippen LogP contribution >= 0.6 is 0 Å². The lowest BCUT2D eigenvalue weighted by molar-refractivity contribution is -0.514. The van der Waals surface area contributed by atoms with Crippen LogP contribution in [0.2, 0.25) is 0 Å². The number of rotatable bonds is 15. The minimum Gasteiger partial charge on any atom is -0.497 e. The average Bonchev–Trinajstić information content (AvgIpc) is 2.97. The molecule has 1 aromatic heterocycles. The normalized spacial score (nSPS) is 14.6. The fraction of sp³-hybridized carbons (Fsp3) is 0.556. The van der Waals surface area contributed by atoms with Gasteiger partial charge in [-0.2, -0.15) is 30.7 Å². The molecule has 0 fully saturated rings. The second-order valence-electron chi connectivity index (χ2n) is 14.8. The Labute approximate surface area is 299 Å². The molecule has 2 aromatic carbocycles. The Kier molecular flexibility index (Phi) is 12.6. The first-order valence-corrected chi connectivity index (χ1v) is 16.1. The van der Waals surface area contributed by atoms with Crippen molar-refractivity contribution in [3.05, 3.63) is 58.4 Å². The monoisotopic (exact) mass is 772 g/mol. The Balaban J connectivity index is 1.61. The van der Waals surface area contributed by atoms with Crippen molar-refractivity contribution in [2.24, 2.45) is 16.2 Å². The molecule has 0 N–H and O–H groups in total. The van der Waals surface area contributed by atoms with Gasteiger partial charge in [0.25, 0.3) is 0 Å². The van der Waals surface area contributed by atoms with Crippen molar-refractivity contribution in [2.75, 3.05) is 20.3 Å². The number of alkyl halides is 9. The topological polar surface area (TPSA) is 93.4 Å². The first kappa shape index (κ1) is 43.4. The molecule has 1 unspecified atom stereocenters. The van der Waals surface area contributed by atoms with E-state index in [9.17, 15) is 49.1 Å². The quantitative estimate of drug-likeness (QED) is 0.0653. The third kappa shape index (κ3) is 11.7. The first-order chi connectivity index (χ1) is 24.0. The second kappa shape index (κ2) is 15.4. The smallest absolute Gasteiger partial charge is 0.494 e. The van der Waals surface area contributed by atoms with Gasteiger partial charge in [-0.15, -0.1) is 8.78 Å². The summed E-state index contributed by atoms with van der Waals surface area (Å²) >= 11 is 0. The summed E-state index contributed by atoms with van der Waals surface area (Å²) in [5.41, 5.74) is -5.67. The maximum Gasteiger partial charge on any atom is 0.494 e. The molecule has 0 saturated carbocycles. The van der Waals surface area contributed by atoms with E-state index >= 15 is 0 Å². The molecule has 0 spiro atoms. The molecular weight excluding hydrogens is 731 g/mol. The molecule has 0 saturated heterocycles. The lowest BCUT2D eigenvalue weighted by atomic mass is 9.61. The highest BCUT2D eigenvalue weighted by molar-refractivity contribution is 5.83. The van der Waals surface area contributed by atoms with Crippen LogP contribution in [-0.2, 0) is 25.2 Å². The number of carbonyl (C=O) groups excluding carboxylic acids is 1. The summed E-state index contributed by atoms with van der Waals surface area (Å²) in [6, 6.07) is 7.51. The zero-order valence-electron chi connectivity index (χ0n) is 30.2. The van der Waals surface area contributed by atoms with E-state index in [1.165, 1.54) is 25.3 Å². The van der Waals surface area contributed by atoms with Crippen LogP contribution in [0.15, 0.2) is 51.7 Å². The summed E-state index contributed by atoms with van der Waals surface area (Å²) in [5, 5.41) is 0.116. The van der Waals surface area contributed by atoms with Crippen molar-refractivity contribution < 1.29 is 72.4 Å². The van der Waals surface area contributed by atoms with Crippen molar-refractivity contribution in [1.29, 1.82) is 0 Å². The van der Waals surface area contributed by atoms with E-state index in [0.29, 0.717) is 12.5 Å². The summed E-state index contributed by atoms with van der Waals surface area (Å²) in [7, 11) is 1.17. The number of ether oxygens (including phenoxy) is 5. The van der Waals surface area contributed by atoms with Gasteiger partial charge in [0.1, 0.15) is 17.1 Å². The van der Waals surface area contributed by atoms with E-state index in [2.05, 4.69) is 9.47 Å². The third-order valence-electron chi connectivity index (χ3n) is 8.34. The molecule has 1 atom stereocenters. The number of benzene rings is 2. The lowest BCUT2D eigenvalue weighted by Gasteiger charge is -2.43. The summed E-state index contributed by atoms with van der Waals surface area (Å²) in [5.74, 6) is -1.18. The van der Waals surface area contributed by atoms with Crippen LogP contribution in [0.25, 0.3) is 22.1 Å². The Bertz CT molecular complexity index is 1810. The molecule has 0 aliphatic rings. The van der Waals surface area contributed by atoms with Crippen molar-refractivity contribution in [3.8, 4) is 22.6 Å². The maximum atomic E-state index is 14.3. The van der Waals surface area contributed by atoms with Gasteiger partial charge in [-0.25, -0.2) is 14.3 Å². The molecule has 8 nitrogen and oxygen atoms in total. The average molecular weight is 773 g/mol. The van der Waals surface area contributed by atoms with Crippen LogP contribution in [0.5, 0.6) is 11.5 Å². The highest BCUT2D eigenvalue weighted by Gasteiger charge is 2.53. The molecule has 1 heterocycles. The molecular formula is C36H41F9O8. The van der Waals surface area contributed by atoms with Gasteiger partial charge in [-0.1, -0.05) is 41.5 Å². The number of methoxy groups -OCH3 is 1. The summed E-state index contributed by atoms with van der Waals surface area (Å²) < 4.78 is 153. The Morgan fingerprint density at radius 3 is 1.81 bits per heavy atom. The van der Waals surface area contributed by atoms with Gasteiger partial charge >= 0.3 is 36.3 Å². The standard InChI is InChI=1S/C36H41F9O8/c1-30(2,3)20-32(7,31(4,5)6)29(47)50-16-14-34(39,40)53-36(44,45)52-33(37,38)13-15-49-23-10-9-21-17-25(28(46)51-27(21)19-23)24-12-11-22(48-8)18-26(24)35(41,42)43/h9-12,17-19H,13-16,20H2,1-8H3. The van der Waals surface area contributed by atoms with Gasteiger partial charge in [0.2, 0.25) is 0 Å². The molecule has 296 valence electrons. The van der Waals surface area contributed by atoms with Crippen LogP contribution in [0, 0.1) is 16.2 Å². The molecule has 0 bridgehead atoms. The van der Waals surface area contributed by atoms with Crippen molar-refractivity contribution in [3.63, 3.8) is 0 Å². The van der Waals surface area contributed by atoms with E-state index in [1.807, 2.05) is 20.8 Å². The predicted molar refractivity (Wildman–Crippen MR) is 174 cm³/mol. The predicted octanol–water partition coefficient (Wildman–Crippen LogP) is 10.4. The fourth-order valence-corrected chi connectivity index (χ4v) is 5.37. The highest BCUT2D eigenvalue weighted by Crippen LogP contribution is 2.48. The molecule has 3 aromatic rings. The molecule has 0 amide bonds. The Hall–Kier alpha value is -3.99. The van der Waals surface area contributed by atoms with E-state index in [0.717, 1.165) is 18.2 Å². The zero-order chi connectivity index (χ0) is 40.4. The van der Waals surface area contributed by atoms with Gasteiger partial charge in [-0.05, 0) is 60.6 Å². The molecule has 3 rings (SSSR count). The van der Waals surface area contributed by atoms with Gasteiger partial charge in [0, 0.05) is 17.0 Å². The largest absolute Gasteiger partial charge is 0.497 e. The Morgan fingerprint density at radius 1 is 0.717 bits per heavy atom. The van der Waals surface area contributed by atoms with Crippen molar-refractivity contribution >= 4 is 16.9 Å². The SMILES string of the molecule is COc1ccc(-c2cc3ccc(OCCC(F)(F)OC(F)(F)OC(F)(F)CCOC(=O)C(C)(CC(C)(C)C)C(C)(C)C)cc3oc2=O)c(C(F)(F)F)c1. The van der Waals surface area contributed by atoms with E-state index < -0.39 is 89.9 Å². The van der Waals surface area contributed by atoms with Gasteiger partial charge in [0.15, 0.2) is 0 Å². The maximum absolute atomic E-state index is 14.3. The van der Waals surface area contributed by atoms with Crippen LogP contribution < -0.4 is 15.1 Å². The first-order valence-electron chi connectivity index (χ1n) is 16.1. The number of halogens is 9. The molecule has 0 radical (unpaired) electrons. The molecule has 17 heteroatoms. The third-order valence-corrected chi connectivity index (χ3v) is 8.34. The van der Waals surface area contributed by atoms with E-state index in [-0.39, 0.29) is 27.9 Å². The summed E-state index contributed by atoms with van der Waals surface area (Å²) in [4.78, 5) is 25.6. The van der Waals surface area contributed by atoms with Crippen LogP contribution in [0.3, 0.4) is 0 Å². The molecule has 0 aliphatic heterocycles. The second-order valence-corrected chi connectivity index (χ2v) is 14.8. The minimum atomic E-state index is -5.50. The number of fused-ring (bicyclic) bond motifs is 1. The highest BCUT2D eigenvalue weighted by atomic mass is 19.4. The zero-order valence-corrected chi connectivity index (χ0v) is 30.2. The van der Waals surface area contributed by atoms with Crippen molar-refractivity contribution in [1.82, 2.24) is 0 Å². The minimum absolute atomic E-state index is 0.108. The summed E-state index contributed by atoms with van der Waals surface area (Å²) in [6.07, 6.45) is -22.8. The van der Waals surface area contributed by atoms with Crippen LogP contribution in [0.1, 0.15) is 73.3 Å². The van der Waals surface area contributed by atoms with Gasteiger partial charge < -0.3 is 18.6 Å². The van der Waals surface area contributed by atoms with Crippen molar-refractivity contribution in [2.45, 2.75) is 92.4 Å². The van der Waals surface area contributed by atoms with Crippen LogP contribution in [0.4, 0.5) is 39.5 Å². The number of hydrogen-bond donors (Lipinski definition) is 0. The Morgan fingerprint density at radius 2 is 1.28 bits per heavy atom. The molecule has 53 heavy (non-hydrogen) atoms. The van der Waals surface area contributed by atoms with E-state index in [4.69, 9.17) is 18.6 Å². The number of carbonyl (C=O) groups is 1. The summed E-state index contributed by atoms with van der Waals surface area (Å²) in [6.45, 7) is 10.4. The lowest BCUT2D eigenvalue weighted by Crippen LogP contribution is -2.45. The number of hydrogen-bond acceptors (Lipinski definition) is 8. The fourth-order valence-electron chi connectivity index (χ4n) is 5.37. The van der Waals surface area contributed by atoms with Gasteiger partial charge in [-0.3, -0.25) is 4.79 Å².